The van der Waals surface area contributed by atoms with Crippen molar-refractivity contribution in [3.8, 4) is 5.69 Å². The van der Waals surface area contributed by atoms with Gasteiger partial charge in [-0.25, -0.2) is 4.68 Å². The van der Waals surface area contributed by atoms with Crippen molar-refractivity contribution in [3.05, 3.63) is 93.6 Å². The van der Waals surface area contributed by atoms with Crippen LogP contribution in [-0.2, 0) is 21.5 Å². The molecular formula is C29H31N5O2S2. The van der Waals surface area contributed by atoms with E-state index in [-0.39, 0.29) is 34.8 Å². The van der Waals surface area contributed by atoms with E-state index in [2.05, 4.69) is 42.5 Å². The Morgan fingerprint density at radius 3 is 2.50 bits per heavy atom. The van der Waals surface area contributed by atoms with Crippen LogP contribution in [0.5, 0.6) is 0 Å². The fourth-order valence-corrected chi connectivity index (χ4v) is 6.68. The minimum atomic E-state index is -0.279. The molecule has 2 amide bonds. The highest BCUT2D eigenvalue weighted by Crippen LogP contribution is 2.49. The quantitative estimate of drug-likeness (QED) is 0.350. The van der Waals surface area contributed by atoms with Gasteiger partial charge in [0.15, 0.2) is 0 Å². The topological polar surface area (TPSA) is 80.1 Å². The molecule has 0 bridgehead atoms. The van der Waals surface area contributed by atoms with E-state index in [1.807, 2.05) is 54.1 Å². The Kier molecular flexibility index (Phi) is 7.40. The first-order valence-corrected chi connectivity index (χ1v) is 14.5. The number of amides is 2. The molecule has 0 unspecified atom stereocenters. The van der Waals surface area contributed by atoms with Crippen LogP contribution in [0.2, 0.25) is 0 Å². The van der Waals surface area contributed by atoms with Crippen molar-refractivity contribution in [2.75, 3.05) is 17.2 Å². The van der Waals surface area contributed by atoms with Gasteiger partial charge in [0.2, 0.25) is 11.8 Å². The maximum atomic E-state index is 13.7. The van der Waals surface area contributed by atoms with E-state index in [1.165, 1.54) is 4.88 Å². The Labute approximate surface area is 231 Å². The SMILES string of the molecule is Cc1ccc(-n2nc(C(C)(C)C)c3c2N(CC(=O)NCc2ccncc2)C(=O)CS[C@H]3c2cccs2)cc1. The summed E-state index contributed by atoms with van der Waals surface area (Å²) in [5, 5.41) is 10.1. The van der Waals surface area contributed by atoms with Crippen LogP contribution in [0.4, 0.5) is 5.82 Å². The molecular weight excluding hydrogens is 514 g/mol. The van der Waals surface area contributed by atoms with E-state index in [4.69, 9.17) is 5.10 Å². The minimum absolute atomic E-state index is 0.0627. The lowest BCUT2D eigenvalue weighted by atomic mass is 9.88. The van der Waals surface area contributed by atoms with Gasteiger partial charge in [0.25, 0.3) is 0 Å². The van der Waals surface area contributed by atoms with Gasteiger partial charge in [0, 0.05) is 34.8 Å². The number of thiophene rings is 1. The molecule has 196 valence electrons. The molecule has 1 atom stereocenters. The molecule has 4 aromatic rings. The van der Waals surface area contributed by atoms with Crippen molar-refractivity contribution in [1.82, 2.24) is 20.1 Å². The van der Waals surface area contributed by atoms with Gasteiger partial charge < -0.3 is 5.32 Å². The molecule has 5 rings (SSSR count). The van der Waals surface area contributed by atoms with E-state index < -0.39 is 0 Å². The predicted octanol–water partition coefficient (Wildman–Crippen LogP) is 5.42. The van der Waals surface area contributed by atoms with Gasteiger partial charge >= 0.3 is 0 Å². The second-order valence-electron chi connectivity index (χ2n) is 10.4. The van der Waals surface area contributed by atoms with Crippen LogP contribution in [0, 0.1) is 6.92 Å². The first-order valence-electron chi connectivity index (χ1n) is 12.5. The van der Waals surface area contributed by atoms with Gasteiger partial charge in [-0.1, -0.05) is 44.5 Å². The molecule has 38 heavy (non-hydrogen) atoms. The molecule has 1 aliphatic rings. The molecule has 3 aromatic heterocycles. The summed E-state index contributed by atoms with van der Waals surface area (Å²) in [6.45, 7) is 8.75. The van der Waals surface area contributed by atoms with Gasteiger partial charge in [-0.2, -0.15) is 5.10 Å². The van der Waals surface area contributed by atoms with Crippen molar-refractivity contribution in [1.29, 1.82) is 0 Å². The Bertz CT molecular complexity index is 1420. The Hall–Kier alpha value is -3.43. The summed E-state index contributed by atoms with van der Waals surface area (Å²) < 4.78 is 1.86. The Morgan fingerprint density at radius 1 is 1.11 bits per heavy atom. The first-order chi connectivity index (χ1) is 18.2. The number of nitrogens with one attached hydrogen (secondary N) is 1. The lowest BCUT2D eigenvalue weighted by Gasteiger charge is -2.24. The van der Waals surface area contributed by atoms with Crippen LogP contribution in [-0.4, -0.2) is 38.9 Å². The number of hydrogen-bond acceptors (Lipinski definition) is 6. The largest absolute Gasteiger partial charge is 0.350 e. The van der Waals surface area contributed by atoms with Gasteiger partial charge in [0.05, 0.1) is 22.4 Å². The number of pyridine rings is 1. The third-order valence-electron chi connectivity index (χ3n) is 6.42. The fraction of sp³-hybridized carbons (Fsp3) is 0.310. The highest BCUT2D eigenvalue weighted by atomic mass is 32.2. The van der Waals surface area contributed by atoms with E-state index >= 15 is 0 Å². The molecule has 0 saturated heterocycles. The summed E-state index contributed by atoms with van der Waals surface area (Å²) >= 11 is 3.28. The van der Waals surface area contributed by atoms with Crippen LogP contribution >= 0.6 is 23.1 Å². The van der Waals surface area contributed by atoms with Gasteiger partial charge in [-0.15, -0.1) is 23.1 Å². The molecule has 0 saturated carbocycles. The first kappa shape index (κ1) is 26.2. The van der Waals surface area contributed by atoms with Crippen LogP contribution in [0.3, 0.4) is 0 Å². The number of aromatic nitrogens is 3. The van der Waals surface area contributed by atoms with Crippen molar-refractivity contribution < 1.29 is 9.59 Å². The van der Waals surface area contributed by atoms with Gasteiger partial charge in [-0.3, -0.25) is 19.5 Å². The number of rotatable bonds is 6. The molecule has 0 spiro atoms. The molecule has 4 heterocycles. The molecule has 1 aromatic carbocycles. The highest BCUT2D eigenvalue weighted by molar-refractivity contribution is 8.00. The second kappa shape index (κ2) is 10.7. The molecule has 0 fully saturated rings. The van der Waals surface area contributed by atoms with Crippen molar-refractivity contribution in [2.24, 2.45) is 0 Å². The maximum absolute atomic E-state index is 13.7. The lowest BCUT2D eigenvalue weighted by Crippen LogP contribution is -2.42. The van der Waals surface area contributed by atoms with Crippen molar-refractivity contribution >= 4 is 40.7 Å². The van der Waals surface area contributed by atoms with Crippen molar-refractivity contribution in [2.45, 2.75) is 44.9 Å². The van der Waals surface area contributed by atoms with E-state index in [0.29, 0.717) is 12.4 Å². The summed E-state index contributed by atoms with van der Waals surface area (Å²) in [5.74, 6) is 0.607. The third-order valence-corrected chi connectivity index (χ3v) is 8.74. The van der Waals surface area contributed by atoms with Gasteiger partial charge in [-0.05, 0) is 48.2 Å². The minimum Gasteiger partial charge on any atom is -0.350 e. The third kappa shape index (κ3) is 5.39. The Morgan fingerprint density at radius 2 is 1.84 bits per heavy atom. The monoisotopic (exact) mass is 545 g/mol. The molecule has 9 heteroatoms. The summed E-state index contributed by atoms with van der Waals surface area (Å²) in [7, 11) is 0. The summed E-state index contributed by atoms with van der Waals surface area (Å²) in [6.07, 6.45) is 3.39. The average Bonchev–Trinajstić information content (AvgIpc) is 3.54. The Balaban J connectivity index is 1.62. The molecule has 1 N–H and O–H groups in total. The van der Waals surface area contributed by atoms with Crippen LogP contribution in [0.25, 0.3) is 5.69 Å². The number of thioether (sulfide) groups is 1. The van der Waals surface area contributed by atoms with Crippen molar-refractivity contribution in [3.63, 3.8) is 0 Å². The van der Waals surface area contributed by atoms with Crippen LogP contribution in [0.15, 0.2) is 66.3 Å². The predicted molar refractivity (Wildman–Crippen MR) is 154 cm³/mol. The zero-order valence-electron chi connectivity index (χ0n) is 22.0. The number of nitrogens with zero attached hydrogens (tertiary/aromatic N) is 4. The highest BCUT2D eigenvalue weighted by Gasteiger charge is 2.40. The zero-order valence-corrected chi connectivity index (χ0v) is 23.6. The summed E-state index contributed by atoms with van der Waals surface area (Å²) in [4.78, 5) is 33.7. The molecule has 0 radical (unpaired) electrons. The number of anilines is 1. The molecule has 0 aliphatic carbocycles. The number of carbonyl (C=O) groups is 2. The maximum Gasteiger partial charge on any atom is 0.240 e. The summed E-state index contributed by atoms with van der Waals surface area (Å²) in [6, 6.07) is 16.0. The summed E-state index contributed by atoms with van der Waals surface area (Å²) in [5.41, 5.74) is 4.59. The molecule has 1 aliphatic heterocycles. The zero-order chi connectivity index (χ0) is 26.9. The van der Waals surface area contributed by atoms with E-state index in [9.17, 15) is 9.59 Å². The smallest absolute Gasteiger partial charge is 0.240 e. The van der Waals surface area contributed by atoms with Crippen LogP contribution in [0.1, 0.15) is 53.3 Å². The number of benzene rings is 1. The number of fused-ring (bicyclic) bond motifs is 1. The van der Waals surface area contributed by atoms with Gasteiger partial charge in [0.1, 0.15) is 12.4 Å². The fourth-order valence-electron chi connectivity index (χ4n) is 4.51. The van der Waals surface area contributed by atoms with Crippen LogP contribution < -0.4 is 10.2 Å². The van der Waals surface area contributed by atoms with E-state index in [0.717, 1.165) is 28.1 Å². The lowest BCUT2D eigenvalue weighted by molar-refractivity contribution is -0.123. The second-order valence-corrected chi connectivity index (χ2v) is 12.5. The number of aryl methyl sites for hydroxylation is 1. The average molecular weight is 546 g/mol. The normalized spacial score (nSPS) is 15.7. The standard InChI is InChI=1S/C29H31N5O2S2/c1-19-7-9-21(10-8-19)34-28-25(27(32-34)29(2,3)4)26(22-6-5-15-37-22)38-18-24(36)33(28)17-23(35)31-16-20-11-13-30-14-12-20/h5-15,26H,16-18H2,1-4H3,(H,31,35)/t26-/m0/s1. The molecule has 7 nitrogen and oxygen atoms in total. The number of hydrogen-bond donors (Lipinski definition) is 1. The van der Waals surface area contributed by atoms with E-state index in [1.54, 1.807) is 40.4 Å². The number of carbonyl (C=O) groups excluding carboxylic acids is 2.